The number of carbonyl (C=O) groups excluding carboxylic acids is 1. The summed E-state index contributed by atoms with van der Waals surface area (Å²) < 4.78 is 0. The molecule has 0 atom stereocenters. The smallest absolute Gasteiger partial charge is 0.211 e. The van der Waals surface area contributed by atoms with Gasteiger partial charge in [0.05, 0.1) is 6.54 Å². The summed E-state index contributed by atoms with van der Waals surface area (Å²) >= 11 is 0. The van der Waals surface area contributed by atoms with Crippen molar-refractivity contribution in [3.05, 3.63) is 41.5 Å². The van der Waals surface area contributed by atoms with Crippen molar-refractivity contribution in [1.29, 1.82) is 0 Å². The molecule has 14 heavy (non-hydrogen) atoms. The number of hydrogen-bond acceptors (Lipinski definition) is 2. The van der Waals surface area contributed by atoms with Gasteiger partial charge in [-0.1, -0.05) is 29.8 Å². The Morgan fingerprint density at radius 1 is 1.50 bits per heavy atom. The number of hydrogen-bond donors (Lipinski definition) is 0. The van der Waals surface area contributed by atoms with Crippen LogP contribution < -0.4 is 0 Å². The fraction of sp³-hybridized carbons (Fsp3) is 0.250. The standard InChI is InChI=1S/C12H13NO/c1-9(2)12-5-10(3)4-11(6-12)7-13-8-14/h4-6H,1,7H2,2-3H3. The molecule has 0 aromatic heterocycles. The Morgan fingerprint density at radius 3 is 2.79 bits per heavy atom. The first-order valence-corrected chi connectivity index (χ1v) is 4.43. The molecule has 0 aliphatic heterocycles. The normalized spacial score (nSPS) is 9.29. The third-order valence-corrected chi connectivity index (χ3v) is 1.96. The topological polar surface area (TPSA) is 29.4 Å². The third kappa shape index (κ3) is 2.68. The average molecular weight is 187 g/mol. The molecule has 1 aromatic rings. The minimum atomic E-state index is 0.394. The summed E-state index contributed by atoms with van der Waals surface area (Å²) in [6.45, 7) is 8.25. The van der Waals surface area contributed by atoms with Crippen LogP contribution in [0.3, 0.4) is 0 Å². The molecule has 0 aliphatic rings. The zero-order valence-corrected chi connectivity index (χ0v) is 8.50. The summed E-state index contributed by atoms with van der Waals surface area (Å²) in [7, 11) is 0. The maximum atomic E-state index is 9.97. The first-order valence-electron chi connectivity index (χ1n) is 4.43. The molecule has 72 valence electrons. The lowest BCUT2D eigenvalue weighted by Crippen LogP contribution is -1.87. The van der Waals surface area contributed by atoms with Crippen LogP contribution in [0.4, 0.5) is 0 Å². The molecular weight excluding hydrogens is 174 g/mol. The summed E-state index contributed by atoms with van der Waals surface area (Å²) in [6.07, 6.45) is 1.54. The predicted molar refractivity (Wildman–Crippen MR) is 57.7 cm³/mol. The Balaban J connectivity index is 3.06. The molecule has 2 heteroatoms. The van der Waals surface area contributed by atoms with Crippen molar-refractivity contribution in [3.8, 4) is 0 Å². The summed E-state index contributed by atoms with van der Waals surface area (Å²) in [6, 6.07) is 6.07. The van der Waals surface area contributed by atoms with E-state index in [0.29, 0.717) is 6.54 Å². The Labute approximate surface area is 84.0 Å². The Kier molecular flexibility index (Phi) is 3.38. The van der Waals surface area contributed by atoms with E-state index in [0.717, 1.165) is 22.3 Å². The highest BCUT2D eigenvalue weighted by Crippen LogP contribution is 2.16. The van der Waals surface area contributed by atoms with E-state index in [4.69, 9.17) is 0 Å². The number of allylic oxidation sites excluding steroid dienone is 1. The van der Waals surface area contributed by atoms with Gasteiger partial charge in [0.25, 0.3) is 0 Å². The van der Waals surface area contributed by atoms with Gasteiger partial charge < -0.3 is 0 Å². The molecule has 0 unspecified atom stereocenters. The third-order valence-electron chi connectivity index (χ3n) is 1.96. The van der Waals surface area contributed by atoms with Crippen molar-refractivity contribution in [2.24, 2.45) is 4.99 Å². The van der Waals surface area contributed by atoms with Crippen LogP contribution >= 0.6 is 0 Å². The fourth-order valence-corrected chi connectivity index (χ4v) is 1.32. The van der Waals surface area contributed by atoms with E-state index in [1.54, 1.807) is 0 Å². The first kappa shape index (κ1) is 10.4. The van der Waals surface area contributed by atoms with Gasteiger partial charge in [0.15, 0.2) is 0 Å². The van der Waals surface area contributed by atoms with Crippen molar-refractivity contribution in [3.63, 3.8) is 0 Å². The van der Waals surface area contributed by atoms with Gasteiger partial charge in [0.1, 0.15) is 0 Å². The van der Waals surface area contributed by atoms with Gasteiger partial charge in [-0.2, -0.15) is 0 Å². The number of isocyanates is 1. The van der Waals surface area contributed by atoms with Crippen LogP contribution in [0.1, 0.15) is 23.6 Å². The van der Waals surface area contributed by atoms with Crippen molar-refractivity contribution in [2.75, 3.05) is 0 Å². The van der Waals surface area contributed by atoms with Crippen LogP contribution in [0, 0.1) is 6.92 Å². The zero-order chi connectivity index (χ0) is 10.6. The van der Waals surface area contributed by atoms with E-state index < -0.39 is 0 Å². The highest BCUT2D eigenvalue weighted by atomic mass is 16.1. The van der Waals surface area contributed by atoms with Gasteiger partial charge in [0, 0.05) is 0 Å². The molecule has 0 heterocycles. The maximum absolute atomic E-state index is 9.97. The number of benzene rings is 1. The molecule has 0 radical (unpaired) electrons. The second kappa shape index (κ2) is 4.54. The van der Waals surface area contributed by atoms with E-state index in [1.807, 2.05) is 26.0 Å². The van der Waals surface area contributed by atoms with Crippen LogP contribution in [0.5, 0.6) is 0 Å². The van der Waals surface area contributed by atoms with Crippen molar-refractivity contribution < 1.29 is 4.79 Å². The quantitative estimate of drug-likeness (QED) is 0.528. The molecule has 0 saturated carbocycles. The highest BCUT2D eigenvalue weighted by Gasteiger charge is 1.98. The van der Waals surface area contributed by atoms with Crippen molar-refractivity contribution in [2.45, 2.75) is 20.4 Å². The molecule has 1 aromatic carbocycles. The van der Waals surface area contributed by atoms with Gasteiger partial charge in [-0.15, -0.1) is 0 Å². The second-order valence-electron chi connectivity index (χ2n) is 3.40. The van der Waals surface area contributed by atoms with Crippen LogP contribution in [0.2, 0.25) is 0 Å². The minimum absolute atomic E-state index is 0.394. The van der Waals surface area contributed by atoms with Gasteiger partial charge in [0.2, 0.25) is 6.08 Å². The largest absolute Gasteiger partial charge is 0.235 e. The molecule has 0 spiro atoms. The molecule has 1 rings (SSSR count). The summed E-state index contributed by atoms with van der Waals surface area (Å²) in [5.74, 6) is 0. The summed E-state index contributed by atoms with van der Waals surface area (Å²) in [5.41, 5.74) is 4.29. The molecule has 2 nitrogen and oxygen atoms in total. The lowest BCUT2D eigenvalue weighted by atomic mass is 10.0. The van der Waals surface area contributed by atoms with Crippen LogP contribution in [-0.4, -0.2) is 6.08 Å². The van der Waals surface area contributed by atoms with Crippen LogP contribution in [0.25, 0.3) is 5.57 Å². The minimum Gasteiger partial charge on any atom is -0.211 e. The van der Waals surface area contributed by atoms with Gasteiger partial charge >= 0.3 is 0 Å². The molecular formula is C12H13NO. The first-order chi connectivity index (χ1) is 6.63. The number of aliphatic imine (C=N–C) groups is 1. The van der Waals surface area contributed by atoms with E-state index in [-0.39, 0.29) is 0 Å². The molecule has 0 N–H and O–H groups in total. The van der Waals surface area contributed by atoms with E-state index >= 15 is 0 Å². The number of rotatable bonds is 3. The summed E-state index contributed by atoms with van der Waals surface area (Å²) in [5, 5.41) is 0. The lowest BCUT2D eigenvalue weighted by molar-refractivity contribution is 0.563. The molecule has 0 amide bonds. The number of nitrogens with zero attached hydrogens (tertiary/aromatic N) is 1. The maximum Gasteiger partial charge on any atom is 0.235 e. The monoisotopic (exact) mass is 187 g/mol. The molecule has 0 bridgehead atoms. The van der Waals surface area contributed by atoms with Crippen LogP contribution in [0.15, 0.2) is 29.8 Å². The van der Waals surface area contributed by atoms with Crippen molar-refractivity contribution >= 4 is 11.7 Å². The Morgan fingerprint density at radius 2 is 2.21 bits per heavy atom. The predicted octanol–water partition coefficient (Wildman–Crippen LogP) is 2.86. The average Bonchev–Trinajstić information content (AvgIpc) is 2.14. The van der Waals surface area contributed by atoms with E-state index in [9.17, 15) is 4.79 Å². The molecule has 0 fully saturated rings. The highest BCUT2D eigenvalue weighted by molar-refractivity contribution is 5.62. The Hall–Kier alpha value is -1.66. The van der Waals surface area contributed by atoms with Gasteiger partial charge in [-0.05, 0) is 31.0 Å². The van der Waals surface area contributed by atoms with E-state index in [2.05, 4.69) is 17.6 Å². The summed E-state index contributed by atoms with van der Waals surface area (Å²) in [4.78, 5) is 13.5. The second-order valence-corrected chi connectivity index (χ2v) is 3.40. The fourth-order valence-electron chi connectivity index (χ4n) is 1.32. The van der Waals surface area contributed by atoms with Crippen LogP contribution in [-0.2, 0) is 11.3 Å². The van der Waals surface area contributed by atoms with E-state index in [1.165, 1.54) is 6.08 Å². The number of aryl methyl sites for hydroxylation is 1. The van der Waals surface area contributed by atoms with Crippen molar-refractivity contribution in [1.82, 2.24) is 0 Å². The SMILES string of the molecule is C=C(C)c1cc(C)cc(CN=C=O)c1. The van der Waals surface area contributed by atoms with Gasteiger partial charge in [-0.3, -0.25) is 0 Å². The zero-order valence-electron chi connectivity index (χ0n) is 8.50. The molecule has 0 aliphatic carbocycles. The lowest BCUT2D eigenvalue weighted by Gasteiger charge is -2.04. The Bertz CT molecular complexity index is 401. The van der Waals surface area contributed by atoms with Gasteiger partial charge in [-0.25, -0.2) is 9.79 Å². The molecule has 0 saturated heterocycles.